The molecule has 4 N–H and O–H groups in total. The molecule has 1 aliphatic carbocycles. The van der Waals surface area contributed by atoms with E-state index in [1.54, 1.807) is 0 Å². The van der Waals surface area contributed by atoms with Gasteiger partial charge in [0.2, 0.25) is 0 Å². The second-order valence-corrected chi connectivity index (χ2v) is 6.00. The summed E-state index contributed by atoms with van der Waals surface area (Å²) in [7, 11) is 0. The number of fused-ring (bicyclic) bond motifs is 2. The fourth-order valence-electron chi connectivity index (χ4n) is 3.42. The lowest BCUT2D eigenvalue weighted by molar-refractivity contribution is -0.110. The fourth-order valence-corrected chi connectivity index (χ4v) is 3.42. The summed E-state index contributed by atoms with van der Waals surface area (Å²) in [6.45, 7) is 0.480. The van der Waals surface area contributed by atoms with Gasteiger partial charge in [0.1, 0.15) is 0 Å². The van der Waals surface area contributed by atoms with Crippen molar-refractivity contribution in [2.24, 2.45) is 5.73 Å². The number of carbonyl (C=O) groups is 1. The third-order valence-electron chi connectivity index (χ3n) is 4.62. The summed E-state index contributed by atoms with van der Waals surface area (Å²) in [5.74, 6) is -0.0325. The van der Waals surface area contributed by atoms with Crippen molar-refractivity contribution in [2.75, 3.05) is 5.32 Å². The highest BCUT2D eigenvalue weighted by Crippen LogP contribution is 2.35. The Balaban J connectivity index is 1.80. The van der Waals surface area contributed by atoms with E-state index in [2.05, 4.69) is 10.3 Å². The van der Waals surface area contributed by atoms with Crippen LogP contribution in [0.3, 0.4) is 0 Å². The number of benzene rings is 1. The third-order valence-corrected chi connectivity index (χ3v) is 4.62. The highest BCUT2D eigenvalue weighted by atomic mass is 16.2. The van der Waals surface area contributed by atoms with Crippen molar-refractivity contribution in [3.63, 3.8) is 0 Å². The van der Waals surface area contributed by atoms with Gasteiger partial charge in [-0.15, -0.1) is 0 Å². The molecule has 22 heavy (non-hydrogen) atoms. The summed E-state index contributed by atoms with van der Waals surface area (Å²) in [6, 6.07) is 5.90. The van der Waals surface area contributed by atoms with Crippen molar-refractivity contribution in [1.29, 1.82) is 0 Å². The first-order valence-electron chi connectivity index (χ1n) is 7.82. The lowest BCUT2D eigenvalue weighted by atomic mass is 9.93. The Morgan fingerprint density at radius 3 is 2.95 bits per heavy atom. The molecule has 0 fully saturated rings. The average molecular weight is 293 g/mol. The van der Waals surface area contributed by atoms with Gasteiger partial charge in [0.25, 0.3) is 5.91 Å². The van der Waals surface area contributed by atoms with Crippen LogP contribution in [0, 0.1) is 0 Å². The Morgan fingerprint density at radius 1 is 1.23 bits per heavy atom. The van der Waals surface area contributed by atoms with Gasteiger partial charge in [-0.1, -0.05) is 6.07 Å². The topological polar surface area (TPSA) is 70.9 Å². The molecule has 0 bridgehead atoms. The molecule has 0 unspecified atom stereocenters. The standard InChI is InChI=1S/C18H19N3O/c19-9-11-5-6-17-14(7-11)15(18(22)21-17)8-12-10-20-16-4-2-1-3-13(12)16/h5-8,10,20H,1-4,9,19H2,(H,21,22). The number of anilines is 1. The zero-order chi connectivity index (χ0) is 15.1. The van der Waals surface area contributed by atoms with Crippen molar-refractivity contribution < 1.29 is 4.79 Å². The number of nitrogens with two attached hydrogens (primary N) is 1. The molecular weight excluding hydrogens is 274 g/mol. The molecule has 4 nitrogen and oxygen atoms in total. The van der Waals surface area contributed by atoms with Gasteiger partial charge in [-0.3, -0.25) is 4.79 Å². The molecule has 2 aromatic rings. The van der Waals surface area contributed by atoms with Crippen LogP contribution in [-0.4, -0.2) is 10.9 Å². The predicted molar refractivity (Wildman–Crippen MR) is 88.3 cm³/mol. The molecule has 4 heteroatoms. The second-order valence-electron chi connectivity index (χ2n) is 6.00. The summed E-state index contributed by atoms with van der Waals surface area (Å²) in [6.07, 6.45) is 8.71. The first-order chi connectivity index (χ1) is 10.8. The number of amides is 1. The van der Waals surface area contributed by atoms with Crippen LogP contribution in [0.5, 0.6) is 0 Å². The Hall–Kier alpha value is -2.33. The molecule has 0 atom stereocenters. The van der Waals surface area contributed by atoms with Gasteiger partial charge in [0.15, 0.2) is 0 Å². The lowest BCUT2D eigenvalue weighted by Crippen LogP contribution is -2.04. The molecule has 0 spiro atoms. The van der Waals surface area contributed by atoms with E-state index in [9.17, 15) is 4.79 Å². The van der Waals surface area contributed by atoms with Crippen LogP contribution in [0.4, 0.5) is 5.69 Å². The van der Waals surface area contributed by atoms with Gasteiger partial charge < -0.3 is 16.0 Å². The Morgan fingerprint density at radius 2 is 2.09 bits per heavy atom. The van der Waals surface area contributed by atoms with Gasteiger partial charge >= 0.3 is 0 Å². The third kappa shape index (κ3) is 2.07. The van der Waals surface area contributed by atoms with Crippen molar-refractivity contribution in [1.82, 2.24) is 4.98 Å². The zero-order valence-corrected chi connectivity index (χ0v) is 12.4. The van der Waals surface area contributed by atoms with E-state index in [1.165, 1.54) is 24.1 Å². The monoisotopic (exact) mass is 293 g/mol. The van der Waals surface area contributed by atoms with E-state index in [1.807, 2.05) is 30.5 Å². The van der Waals surface area contributed by atoms with Crippen molar-refractivity contribution >= 4 is 23.2 Å². The molecule has 4 rings (SSSR count). The molecule has 1 amide bonds. The molecule has 112 valence electrons. The summed E-state index contributed by atoms with van der Waals surface area (Å²) in [4.78, 5) is 15.7. The molecular formula is C18H19N3O. The highest BCUT2D eigenvalue weighted by Gasteiger charge is 2.25. The maximum Gasteiger partial charge on any atom is 0.256 e. The number of carbonyl (C=O) groups excluding carboxylic acids is 1. The summed E-state index contributed by atoms with van der Waals surface area (Å²) >= 11 is 0. The minimum atomic E-state index is -0.0325. The molecule has 1 aromatic heterocycles. The zero-order valence-electron chi connectivity index (χ0n) is 12.4. The fraction of sp³-hybridized carbons (Fsp3) is 0.278. The van der Waals surface area contributed by atoms with Crippen LogP contribution in [0.15, 0.2) is 24.4 Å². The molecule has 2 heterocycles. The first kappa shape index (κ1) is 13.3. The smallest absolute Gasteiger partial charge is 0.256 e. The van der Waals surface area contributed by atoms with Crippen molar-refractivity contribution in [3.8, 4) is 0 Å². The van der Waals surface area contributed by atoms with Crippen LogP contribution in [0.25, 0.3) is 11.6 Å². The van der Waals surface area contributed by atoms with Gasteiger partial charge in [-0.2, -0.15) is 0 Å². The molecule has 1 aliphatic heterocycles. The quantitative estimate of drug-likeness (QED) is 0.745. The summed E-state index contributed by atoms with van der Waals surface area (Å²) in [5, 5.41) is 2.93. The Kier molecular flexibility index (Phi) is 3.12. The van der Waals surface area contributed by atoms with E-state index in [0.29, 0.717) is 6.54 Å². The Labute approximate surface area is 129 Å². The molecule has 1 aromatic carbocycles. The largest absolute Gasteiger partial charge is 0.364 e. The van der Waals surface area contributed by atoms with Crippen LogP contribution < -0.4 is 11.1 Å². The van der Waals surface area contributed by atoms with Gasteiger partial charge in [0, 0.05) is 35.3 Å². The number of aromatic amines is 1. The van der Waals surface area contributed by atoms with Gasteiger partial charge in [-0.25, -0.2) is 0 Å². The minimum Gasteiger partial charge on any atom is -0.364 e. The lowest BCUT2D eigenvalue weighted by Gasteiger charge is -2.11. The van der Waals surface area contributed by atoms with E-state index in [-0.39, 0.29) is 5.91 Å². The second kappa shape index (κ2) is 5.14. The number of nitrogens with one attached hydrogen (secondary N) is 2. The normalized spacial score (nSPS) is 18.2. The molecule has 2 aliphatic rings. The van der Waals surface area contributed by atoms with E-state index in [4.69, 9.17) is 5.73 Å². The number of aromatic nitrogens is 1. The van der Waals surface area contributed by atoms with E-state index < -0.39 is 0 Å². The molecule has 0 radical (unpaired) electrons. The Bertz CT molecular complexity index is 786. The maximum atomic E-state index is 12.3. The van der Waals surface area contributed by atoms with Crippen LogP contribution in [0.2, 0.25) is 0 Å². The van der Waals surface area contributed by atoms with Crippen molar-refractivity contribution in [2.45, 2.75) is 32.2 Å². The number of H-pyrrole nitrogens is 1. The maximum absolute atomic E-state index is 12.3. The summed E-state index contributed by atoms with van der Waals surface area (Å²) in [5.41, 5.74) is 13.2. The molecule has 0 saturated carbocycles. The number of hydrogen-bond acceptors (Lipinski definition) is 2. The van der Waals surface area contributed by atoms with E-state index in [0.717, 1.165) is 40.8 Å². The summed E-state index contributed by atoms with van der Waals surface area (Å²) < 4.78 is 0. The van der Waals surface area contributed by atoms with Crippen LogP contribution >= 0.6 is 0 Å². The predicted octanol–water partition coefficient (Wildman–Crippen LogP) is 2.84. The SMILES string of the molecule is NCc1ccc2c(c1)C(=Cc1c[nH]c3c1CCCC3)C(=O)N2. The number of hydrogen-bond donors (Lipinski definition) is 3. The van der Waals surface area contributed by atoms with Gasteiger partial charge in [-0.05, 0) is 60.6 Å². The first-order valence-corrected chi connectivity index (χ1v) is 7.82. The van der Waals surface area contributed by atoms with Crippen molar-refractivity contribution in [3.05, 3.63) is 52.3 Å². The molecule has 0 saturated heterocycles. The average Bonchev–Trinajstić information content (AvgIpc) is 3.09. The highest BCUT2D eigenvalue weighted by molar-refractivity contribution is 6.35. The van der Waals surface area contributed by atoms with Gasteiger partial charge in [0.05, 0.1) is 0 Å². The van der Waals surface area contributed by atoms with Crippen LogP contribution in [0.1, 0.15) is 40.8 Å². The number of rotatable bonds is 2. The van der Waals surface area contributed by atoms with E-state index >= 15 is 0 Å². The van der Waals surface area contributed by atoms with Crippen LogP contribution in [-0.2, 0) is 24.2 Å². The minimum absolute atomic E-state index is 0.0325. The number of aryl methyl sites for hydroxylation is 1.